The fraction of sp³-hybridized carbons (Fsp3) is 0.362. The van der Waals surface area contributed by atoms with E-state index in [9.17, 15) is 53.2 Å². The molecule has 0 spiro atoms. The van der Waals surface area contributed by atoms with Gasteiger partial charge >= 0.3 is 6.09 Å². The van der Waals surface area contributed by atoms with Gasteiger partial charge in [-0.3, -0.25) is 33.6 Å². The number of amides is 4. The third-order valence-electron chi connectivity index (χ3n) is 18.5. The number of fused-ring (bicyclic) bond motifs is 1. The van der Waals surface area contributed by atoms with Crippen LogP contribution in [0.25, 0.3) is 0 Å². The second-order valence-corrected chi connectivity index (χ2v) is 33.8. The van der Waals surface area contributed by atoms with Crippen LogP contribution >= 0.6 is 45.9 Å². The number of ether oxygens (including phenoxy) is 1. The molecular formula is C69H87Cl2F2N15O11S5. The number of nitrogens with zero attached hydrogens (tertiary/aromatic N) is 11. The molecule has 6 aliphatic rings. The number of hydrogen-bond donors (Lipinski definition) is 4. The summed E-state index contributed by atoms with van der Waals surface area (Å²) >= 11 is 14.7. The molecule has 9 heterocycles. The van der Waals surface area contributed by atoms with Gasteiger partial charge in [-0.15, -0.1) is 22.7 Å². The number of piperidine rings is 1. The molecular weight excluding hydrogens is 1480 g/mol. The molecule has 6 aliphatic heterocycles. The summed E-state index contributed by atoms with van der Waals surface area (Å²) in [7, 11) is -11.3. The molecule has 0 unspecified atom stereocenters. The lowest BCUT2D eigenvalue weighted by Gasteiger charge is -2.38. The Morgan fingerprint density at radius 3 is 1.49 bits per heavy atom. The van der Waals surface area contributed by atoms with E-state index >= 15 is 0 Å². The van der Waals surface area contributed by atoms with Gasteiger partial charge in [0.1, 0.15) is 23.3 Å². The molecule has 562 valence electrons. The summed E-state index contributed by atoms with van der Waals surface area (Å²) in [5.74, 6) is -0.532. The molecule has 4 N–H and O–H groups in total. The Morgan fingerprint density at radius 1 is 0.558 bits per heavy atom. The van der Waals surface area contributed by atoms with Crippen LogP contribution in [0.3, 0.4) is 0 Å². The van der Waals surface area contributed by atoms with Crippen LogP contribution in [0.1, 0.15) is 67.0 Å². The van der Waals surface area contributed by atoms with Crippen molar-refractivity contribution in [2.24, 2.45) is 5.92 Å². The van der Waals surface area contributed by atoms with E-state index in [4.69, 9.17) is 27.9 Å². The SMILES string of the molecule is CC(C)(C)OC(=O)NCC1CCN([C@H]2CCN(c3ccc(S(=O)(=O)Nc4nccs4)cc3)C2=O)CC1.O=C1[C@@H](N2CCN(c3ccc(F)cc3Cl)CC2)CCN1c1ccc(S(=O)(=O)Nc2nccs2)cc1.O=C1[C@@H](N2CCc3c2ccc(F)c3Cl)CCN1c1ccc(S(=O)(=O)Nc2ncccn2)cc1.[HH].[HH].[HH].[HH].[HH].[HH]. The number of rotatable bonds is 18. The smallest absolute Gasteiger partial charge is 0.407 e. The molecule has 0 aliphatic carbocycles. The molecule has 104 heavy (non-hydrogen) atoms. The molecule has 5 saturated heterocycles. The minimum absolute atomic E-state index is 0. The van der Waals surface area contributed by atoms with Crippen molar-refractivity contribution in [1.29, 1.82) is 0 Å². The molecule has 14 rings (SSSR count). The number of anilines is 8. The van der Waals surface area contributed by atoms with Crippen molar-refractivity contribution in [2.45, 2.75) is 97.7 Å². The zero-order valence-corrected chi connectivity index (χ0v) is 62.2. The summed E-state index contributed by atoms with van der Waals surface area (Å²) in [5.41, 5.74) is 3.76. The number of sulfonamides is 3. The van der Waals surface area contributed by atoms with Gasteiger partial charge in [0.25, 0.3) is 30.1 Å². The van der Waals surface area contributed by atoms with Gasteiger partial charge in [-0.2, -0.15) is 0 Å². The van der Waals surface area contributed by atoms with Crippen LogP contribution in [0.15, 0.2) is 159 Å². The van der Waals surface area contributed by atoms with Crippen molar-refractivity contribution in [3.63, 3.8) is 0 Å². The van der Waals surface area contributed by atoms with Crippen LogP contribution in [0.5, 0.6) is 0 Å². The zero-order chi connectivity index (χ0) is 73.7. The predicted molar refractivity (Wildman–Crippen MR) is 409 cm³/mol. The van der Waals surface area contributed by atoms with Crippen LogP contribution in [-0.4, -0.2) is 175 Å². The van der Waals surface area contributed by atoms with Gasteiger partial charge < -0.3 is 34.6 Å². The van der Waals surface area contributed by atoms with E-state index in [1.807, 2.05) is 25.7 Å². The average Bonchev–Trinajstić information content (AvgIpc) is 1.61. The Bertz CT molecular complexity index is 4770. The van der Waals surface area contributed by atoms with Gasteiger partial charge in [0.15, 0.2) is 10.3 Å². The molecule has 0 saturated carbocycles. The van der Waals surface area contributed by atoms with E-state index in [1.165, 1.54) is 102 Å². The van der Waals surface area contributed by atoms with Gasteiger partial charge in [0.05, 0.1) is 42.5 Å². The van der Waals surface area contributed by atoms with E-state index in [0.29, 0.717) is 116 Å². The molecule has 26 nitrogen and oxygen atoms in total. The number of aromatic nitrogens is 4. The third kappa shape index (κ3) is 17.6. The van der Waals surface area contributed by atoms with Gasteiger partial charge in [-0.05, 0) is 193 Å². The second-order valence-electron chi connectivity index (χ2n) is 26.2. The highest BCUT2D eigenvalue weighted by Gasteiger charge is 2.42. The molecule has 0 radical (unpaired) electrons. The number of likely N-dealkylation sites (tertiary alicyclic amines) is 1. The van der Waals surface area contributed by atoms with Crippen molar-refractivity contribution in [1.82, 2.24) is 35.1 Å². The fourth-order valence-electron chi connectivity index (χ4n) is 13.4. The minimum Gasteiger partial charge on any atom is -0.444 e. The largest absolute Gasteiger partial charge is 0.444 e. The summed E-state index contributed by atoms with van der Waals surface area (Å²) in [6, 6.07) is 26.9. The average molecular weight is 1570 g/mol. The van der Waals surface area contributed by atoms with E-state index in [0.717, 1.165) is 49.3 Å². The lowest BCUT2D eigenvalue weighted by molar-refractivity contribution is -0.122. The summed E-state index contributed by atoms with van der Waals surface area (Å²) < 4.78 is 115. The number of alkyl carbamates (subject to hydrolysis) is 1. The van der Waals surface area contributed by atoms with E-state index in [2.05, 4.69) is 54.1 Å². The van der Waals surface area contributed by atoms with Crippen LogP contribution in [0.4, 0.5) is 58.2 Å². The highest BCUT2D eigenvalue weighted by atomic mass is 35.5. The van der Waals surface area contributed by atoms with Crippen LogP contribution in [-0.2, 0) is 55.6 Å². The maximum atomic E-state index is 13.8. The first-order valence-electron chi connectivity index (χ1n) is 33.5. The number of thiazole rings is 2. The number of piperazine rings is 1. The molecule has 35 heteroatoms. The van der Waals surface area contributed by atoms with E-state index in [1.54, 1.807) is 80.1 Å². The van der Waals surface area contributed by atoms with Crippen molar-refractivity contribution < 1.29 is 66.5 Å². The van der Waals surface area contributed by atoms with Crippen molar-refractivity contribution >= 4 is 144 Å². The van der Waals surface area contributed by atoms with E-state index in [-0.39, 0.29) is 75.9 Å². The third-order valence-corrected chi connectivity index (χ3v) is 24.9. The van der Waals surface area contributed by atoms with Gasteiger partial charge in [0, 0.05) is 126 Å². The maximum absolute atomic E-state index is 13.8. The van der Waals surface area contributed by atoms with Crippen LogP contribution in [0, 0.1) is 17.6 Å². The Morgan fingerprint density at radius 2 is 1.02 bits per heavy atom. The molecule has 4 amide bonds. The summed E-state index contributed by atoms with van der Waals surface area (Å²) in [5, 5.41) is 7.34. The molecule has 3 atom stereocenters. The minimum atomic E-state index is -3.86. The summed E-state index contributed by atoms with van der Waals surface area (Å²) in [4.78, 5) is 81.0. The first-order chi connectivity index (χ1) is 49.7. The first-order valence-corrected chi connectivity index (χ1v) is 40.4. The number of carbonyl (C=O) groups excluding carboxylic acids is 4. The highest BCUT2D eigenvalue weighted by Crippen LogP contribution is 2.40. The number of halogens is 4. The Hall–Kier alpha value is -8.67. The molecule has 5 aromatic carbocycles. The summed E-state index contributed by atoms with van der Waals surface area (Å²) in [6.45, 7) is 12.7. The molecule has 8 aromatic rings. The number of carbonyl (C=O) groups is 4. The van der Waals surface area contributed by atoms with Gasteiger partial charge in [-0.1, -0.05) is 23.2 Å². The van der Waals surface area contributed by atoms with Crippen molar-refractivity contribution in [2.75, 3.05) is 111 Å². The number of hydrogen-bond acceptors (Lipinski definition) is 21. The Labute approximate surface area is 628 Å². The van der Waals surface area contributed by atoms with Crippen molar-refractivity contribution in [3.8, 4) is 0 Å². The highest BCUT2D eigenvalue weighted by molar-refractivity contribution is 7.93. The number of nitrogens with one attached hydrogen (secondary N) is 4. The van der Waals surface area contributed by atoms with Gasteiger partial charge in [-0.25, -0.2) is 63.5 Å². The maximum Gasteiger partial charge on any atom is 0.407 e. The quantitative estimate of drug-likeness (QED) is 0.0620. The lowest BCUT2D eigenvalue weighted by Crippen LogP contribution is -2.52. The monoisotopic (exact) mass is 1570 g/mol. The second kappa shape index (κ2) is 32.0. The van der Waals surface area contributed by atoms with E-state index < -0.39 is 47.6 Å². The standard InChI is InChI=1S/C24H33N5O5S2.C23H23ClFN5O3S2.C22H19ClFN5O3S.6H2/c1-24(2,3)34-23(31)26-16-17-8-12-28(13-9-17)20-10-14-29(21(20)30)18-4-6-19(7-5-18)36(32,33)27-22-25-11-15-35-22;24-19-15-16(25)1-6-20(19)28-10-12-29(13-11-28)21-7-9-30(22(21)31)17-2-4-18(5-3-17)35(32,33)27-23-26-8-14-34-23;23-20-16-8-12-29(18(16)7-6-17(20)24)19-9-13-28(21(19)30)14-2-4-15(5-3-14)33(31,32)27-22-25-10-1-11-26-22;;;;;;/h4-7,11,15,17,20H,8-10,12-14,16H2,1-3H3,(H,25,27)(H,26,31);1-6,8,14-15,21H,7,9-13H2,(H,26,27);1-7,10-11,19H,8-9,12-13H2,(H,25,26,27);6*1H/t20-;21-;19-;;;;;;/m000....../s1. The van der Waals surface area contributed by atoms with Crippen molar-refractivity contribution in [3.05, 3.63) is 172 Å². The first kappa shape index (κ1) is 75.0. The normalized spacial score (nSPS) is 19.1. The van der Waals surface area contributed by atoms with Crippen LogP contribution in [0.2, 0.25) is 10.0 Å². The predicted octanol–water partition coefficient (Wildman–Crippen LogP) is 11.7. The summed E-state index contributed by atoms with van der Waals surface area (Å²) in [6.07, 6.45) is 9.94. The zero-order valence-electron chi connectivity index (χ0n) is 56.6. The van der Waals surface area contributed by atoms with Gasteiger partial charge in [0.2, 0.25) is 23.7 Å². The lowest BCUT2D eigenvalue weighted by atomic mass is 9.95. The fourth-order valence-corrected chi connectivity index (χ4v) is 18.4. The topological polar surface area (TPSA) is 302 Å². The molecule has 0 bridgehead atoms. The molecule has 3 aromatic heterocycles. The van der Waals surface area contributed by atoms with Crippen LogP contribution < -0.4 is 44.0 Å². The molecule has 5 fully saturated rings. The Balaban J connectivity index is 0.000000251. The Kier molecular flexibility index (Phi) is 23.1. The number of benzene rings is 5.